The van der Waals surface area contributed by atoms with Crippen LogP contribution in [0, 0.1) is 5.82 Å². The van der Waals surface area contributed by atoms with Gasteiger partial charge in [-0.25, -0.2) is 9.37 Å². The van der Waals surface area contributed by atoms with Gasteiger partial charge in [0.2, 0.25) is 5.88 Å². The van der Waals surface area contributed by atoms with Crippen molar-refractivity contribution in [1.29, 1.82) is 0 Å². The zero-order chi connectivity index (χ0) is 19.2. The van der Waals surface area contributed by atoms with Crippen molar-refractivity contribution in [3.05, 3.63) is 35.4 Å². The smallest absolute Gasteiger partial charge is 0.359 e. The molecular formula is C14H14F4N4O3S. The van der Waals surface area contributed by atoms with Gasteiger partial charge in [0.15, 0.2) is 0 Å². The van der Waals surface area contributed by atoms with E-state index in [2.05, 4.69) is 24.7 Å². The standard InChI is InChI=1S/C14H14F4N4O3S/c1-2-9-6-11(22-21-9)20-13(3-4-13)10-5-8(15)7-19-12(10)25-26(23,24)14(16,17)18/h5-7H,2-4H2,1H3,(H2,20,21,22). The quantitative estimate of drug-likeness (QED) is 0.444. The van der Waals surface area contributed by atoms with E-state index in [4.69, 9.17) is 0 Å². The van der Waals surface area contributed by atoms with Gasteiger partial charge in [-0.3, -0.25) is 5.10 Å². The zero-order valence-electron chi connectivity index (χ0n) is 13.4. The molecular weight excluding hydrogens is 380 g/mol. The molecule has 0 aliphatic heterocycles. The van der Waals surface area contributed by atoms with Gasteiger partial charge in [0, 0.05) is 17.3 Å². The fourth-order valence-electron chi connectivity index (χ4n) is 2.43. The fraction of sp³-hybridized carbons (Fsp3) is 0.429. The first-order chi connectivity index (χ1) is 12.1. The number of hydrogen-bond acceptors (Lipinski definition) is 6. The molecule has 2 aromatic heterocycles. The topological polar surface area (TPSA) is 97.0 Å². The lowest BCUT2D eigenvalue weighted by Crippen LogP contribution is -2.30. The molecule has 1 fully saturated rings. The van der Waals surface area contributed by atoms with Crippen molar-refractivity contribution >= 4 is 15.9 Å². The van der Waals surface area contributed by atoms with E-state index in [1.807, 2.05) is 6.92 Å². The number of hydrogen-bond donors (Lipinski definition) is 2. The summed E-state index contributed by atoms with van der Waals surface area (Å²) >= 11 is 0. The van der Waals surface area contributed by atoms with Crippen LogP contribution in [0.25, 0.3) is 0 Å². The lowest BCUT2D eigenvalue weighted by atomic mass is 10.1. The van der Waals surface area contributed by atoms with Crippen LogP contribution in [0.5, 0.6) is 5.88 Å². The average Bonchev–Trinajstić information content (AvgIpc) is 3.17. The number of H-pyrrole nitrogens is 1. The monoisotopic (exact) mass is 394 g/mol. The summed E-state index contributed by atoms with van der Waals surface area (Å²) in [5.74, 6) is -1.26. The molecule has 0 atom stereocenters. The molecule has 1 saturated carbocycles. The Kier molecular flexibility index (Phi) is 4.33. The minimum Gasteiger partial charge on any atom is -0.359 e. The van der Waals surface area contributed by atoms with Crippen LogP contribution < -0.4 is 9.50 Å². The number of anilines is 1. The van der Waals surface area contributed by atoms with Crippen molar-refractivity contribution in [2.75, 3.05) is 5.32 Å². The molecule has 0 unspecified atom stereocenters. The van der Waals surface area contributed by atoms with Crippen LogP contribution in [0.1, 0.15) is 31.0 Å². The number of aromatic amines is 1. The predicted molar refractivity (Wildman–Crippen MR) is 82.3 cm³/mol. The van der Waals surface area contributed by atoms with Gasteiger partial charge in [0.1, 0.15) is 11.6 Å². The Morgan fingerprint density at radius 1 is 1.35 bits per heavy atom. The first-order valence-electron chi connectivity index (χ1n) is 7.55. The van der Waals surface area contributed by atoms with Gasteiger partial charge >= 0.3 is 15.6 Å². The van der Waals surface area contributed by atoms with Crippen LogP contribution in [-0.2, 0) is 22.1 Å². The Hall–Kier alpha value is -2.37. The molecule has 3 rings (SSSR count). The number of nitrogens with one attached hydrogen (secondary N) is 2. The second-order valence-electron chi connectivity index (χ2n) is 5.83. The van der Waals surface area contributed by atoms with Gasteiger partial charge in [-0.1, -0.05) is 6.92 Å². The van der Waals surface area contributed by atoms with Crippen molar-refractivity contribution in [3.63, 3.8) is 0 Å². The molecule has 26 heavy (non-hydrogen) atoms. The third-order valence-corrected chi connectivity index (χ3v) is 4.88. The molecule has 142 valence electrons. The summed E-state index contributed by atoms with van der Waals surface area (Å²) in [6.45, 7) is 1.90. The highest BCUT2D eigenvalue weighted by Gasteiger charge is 2.52. The molecule has 1 aliphatic carbocycles. The highest BCUT2D eigenvalue weighted by molar-refractivity contribution is 7.87. The molecule has 0 spiro atoms. The molecule has 2 N–H and O–H groups in total. The van der Waals surface area contributed by atoms with Gasteiger partial charge in [0.05, 0.1) is 11.7 Å². The fourth-order valence-corrected chi connectivity index (χ4v) is 2.86. The molecule has 0 aromatic carbocycles. The summed E-state index contributed by atoms with van der Waals surface area (Å²) in [6.07, 6.45) is 2.09. The van der Waals surface area contributed by atoms with Gasteiger partial charge < -0.3 is 9.50 Å². The summed E-state index contributed by atoms with van der Waals surface area (Å²) in [4.78, 5) is 3.40. The van der Waals surface area contributed by atoms with Gasteiger partial charge in [-0.15, -0.1) is 0 Å². The minimum absolute atomic E-state index is 0.119. The third-order valence-electron chi connectivity index (χ3n) is 3.93. The summed E-state index contributed by atoms with van der Waals surface area (Å²) in [7, 11) is -5.93. The number of halogens is 4. The van der Waals surface area contributed by atoms with Crippen LogP contribution in [0.15, 0.2) is 18.3 Å². The van der Waals surface area contributed by atoms with Crippen LogP contribution in [0.3, 0.4) is 0 Å². The predicted octanol–water partition coefficient (Wildman–Crippen LogP) is 2.84. The Morgan fingerprint density at radius 2 is 2.04 bits per heavy atom. The van der Waals surface area contributed by atoms with Crippen molar-refractivity contribution in [2.24, 2.45) is 0 Å². The van der Waals surface area contributed by atoms with Gasteiger partial charge in [0.25, 0.3) is 0 Å². The van der Waals surface area contributed by atoms with E-state index in [0.29, 0.717) is 31.3 Å². The number of aromatic nitrogens is 3. The summed E-state index contributed by atoms with van der Waals surface area (Å²) < 4.78 is 78.1. The second kappa shape index (κ2) is 6.11. The Bertz CT molecular complexity index is 923. The van der Waals surface area contributed by atoms with Crippen LogP contribution >= 0.6 is 0 Å². The largest absolute Gasteiger partial charge is 0.534 e. The summed E-state index contributed by atoms with van der Waals surface area (Å²) in [5, 5.41) is 9.77. The number of rotatable bonds is 6. The van der Waals surface area contributed by atoms with E-state index >= 15 is 0 Å². The van der Waals surface area contributed by atoms with Crippen molar-refractivity contribution < 1.29 is 30.2 Å². The molecule has 2 heterocycles. The van der Waals surface area contributed by atoms with E-state index in [1.165, 1.54) is 0 Å². The molecule has 7 nitrogen and oxygen atoms in total. The lowest BCUT2D eigenvalue weighted by molar-refractivity contribution is -0.0501. The molecule has 1 aliphatic rings. The average molecular weight is 394 g/mol. The second-order valence-corrected chi connectivity index (χ2v) is 7.37. The van der Waals surface area contributed by atoms with E-state index in [9.17, 15) is 26.0 Å². The number of pyridine rings is 1. The van der Waals surface area contributed by atoms with Crippen LogP contribution in [-0.4, -0.2) is 29.1 Å². The summed E-state index contributed by atoms with van der Waals surface area (Å²) in [6, 6.07) is 2.60. The van der Waals surface area contributed by atoms with E-state index in [0.717, 1.165) is 11.8 Å². The maximum absolute atomic E-state index is 13.6. The highest BCUT2D eigenvalue weighted by atomic mass is 32.2. The first kappa shape index (κ1) is 18.4. The molecule has 0 radical (unpaired) electrons. The summed E-state index contributed by atoms with van der Waals surface area (Å²) in [5.41, 5.74) is -5.93. The number of alkyl halides is 3. The Balaban J connectivity index is 1.95. The van der Waals surface area contributed by atoms with E-state index in [1.54, 1.807) is 6.07 Å². The van der Waals surface area contributed by atoms with Crippen molar-refractivity contribution in [1.82, 2.24) is 15.2 Å². The van der Waals surface area contributed by atoms with Crippen LogP contribution in [0.4, 0.5) is 23.4 Å². The van der Waals surface area contributed by atoms with Gasteiger partial charge in [-0.2, -0.15) is 26.7 Å². The van der Waals surface area contributed by atoms with Gasteiger partial charge in [-0.05, 0) is 25.3 Å². The zero-order valence-corrected chi connectivity index (χ0v) is 14.2. The molecule has 0 bridgehead atoms. The Labute approximate surface area is 145 Å². The van der Waals surface area contributed by atoms with Crippen LogP contribution in [0.2, 0.25) is 0 Å². The molecule has 2 aromatic rings. The maximum Gasteiger partial charge on any atom is 0.534 e. The minimum atomic E-state index is -5.93. The van der Waals surface area contributed by atoms with E-state index < -0.39 is 32.9 Å². The first-order valence-corrected chi connectivity index (χ1v) is 8.96. The number of nitrogens with zero attached hydrogens (tertiary/aromatic N) is 2. The molecule has 0 saturated heterocycles. The van der Waals surface area contributed by atoms with Crippen molar-refractivity contribution in [2.45, 2.75) is 37.2 Å². The number of aryl methyl sites for hydroxylation is 1. The van der Waals surface area contributed by atoms with Crippen molar-refractivity contribution in [3.8, 4) is 5.88 Å². The SMILES string of the molecule is CCc1cc(NC2(c3cc(F)cnc3OS(=O)(=O)C(F)(F)F)CC2)n[nH]1. The van der Waals surface area contributed by atoms with E-state index in [-0.39, 0.29) is 5.56 Å². The molecule has 0 amide bonds. The third kappa shape index (κ3) is 3.45. The maximum atomic E-state index is 13.6. The lowest BCUT2D eigenvalue weighted by Gasteiger charge is -2.20. The molecule has 12 heteroatoms. The normalized spacial score (nSPS) is 16.3. The Morgan fingerprint density at radius 3 is 2.58 bits per heavy atom. The highest BCUT2D eigenvalue weighted by Crippen LogP contribution is 2.51.